The van der Waals surface area contributed by atoms with Crippen LogP contribution < -0.4 is 10.5 Å². The summed E-state index contributed by atoms with van der Waals surface area (Å²) in [5, 5.41) is 4.67. The zero-order chi connectivity index (χ0) is 14.7. The number of rotatable bonds is 4. The number of methoxy groups -OCH3 is 1. The van der Waals surface area contributed by atoms with Crippen LogP contribution in [0, 0.1) is 0 Å². The van der Waals surface area contributed by atoms with Gasteiger partial charge in [-0.2, -0.15) is 5.10 Å². The third-order valence-electron chi connectivity index (χ3n) is 3.39. The van der Waals surface area contributed by atoms with Gasteiger partial charge in [-0.05, 0) is 36.4 Å². The highest BCUT2D eigenvalue weighted by atomic mass is 35.5. The molecule has 22 heavy (non-hydrogen) atoms. The lowest BCUT2D eigenvalue weighted by molar-refractivity contribution is 0.415. The average Bonchev–Trinajstić information content (AvgIpc) is 3.00. The summed E-state index contributed by atoms with van der Waals surface area (Å²) in [7, 11) is 1.66. The number of nitrogens with two attached hydrogens (primary N) is 1. The Morgan fingerprint density at radius 2 is 1.73 bits per heavy atom. The van der Waals surface area contributed by atoms with E-state index in [9.17, 15) is 0 Å². The summed E-state index contributed by atoms with van der Waals surface area (Å²) in [6.45, 7) is 0.453. The molecule has 3 rings (SSSR count). The predicted octanol–water partition coefficient (Wildman–Crippen LogP) is 3.43. The SMILES string of the molecule is COc1ccc(-c2nn(-c3ccccc3)cc2CN)cc1.Cl. The number of para-hydroxylation sites is 1. The maximum atomic E-state index is 5.86. The largest absolute Gasteiger partial charge is 0.497 e. The molecular weight excluding hydrogens is 298 g/mol. The van der Waals surface area contributed by atoms with Gasteiger partial charge in [-0.15, -0.1) is 12.4 Å². The van der Waals surface area contributed by atoms with Crippen LogP contribution in [0.3, 0.4) is 0 Å². The molecule has 3 aromatic rings. The maximum absolute atomic E-state index is 5.86. The Morgan fingerprint density at radius 1 is 1.05 bits per heavy atom. The topological polar surface area (TPSA) is 53.1 Å². The van der Waals surface area contributed by atoms with Gasteiger partial charge in [-0.25, -0.2) is 4.68 Å². The Kier molecular flexibility index (Phi) is 5.20. The summed E-state index contributed by atoms with van der Waals surface area (Å²) in [5.41, 5.74) is 9.84. The quantitative estimate of drug-likeness (QED) is 0.802. The van der Waals surface area contributed by atoms with Gasteiger partial charge in [-0.3, -0.25) is 0 Å². The monoisotopic (exact) mass is 315 g/mol. The molecule has 0 amide bonds. The lowest BCUT2D eigenvalue weighted by atomic mass is 10.1. The average molecular weight is 316 g/mol. The first-order valence-electron chi connectivity index (χ1n) is 6.80. The van der Waals surface area contributed by atoms with Crippen LogP contribution in [-0.2, 0) is 6.54 Å². The number of ether oxygens (including phenoxy) is 1. The van der Waals surface area contributed by atoms with E-state index in [1.54, 1.807) is 7.11 Å². The zero-order valence-electron chi connectivity index (χ0n) is 12.3. The zero-order valence-corrected chi connectivity index (χ0v) is 13.1. The van der Waals surface area contributed by atoms with E-state index >= 15 is 0 Å². The molecule has 0 radical (unpaired) electrons. The molecule has 114 valence electrons. The van der Waals surface area contributed by atoms with Gasteiger partial charge in [-0.1, -0.05) is 18.2 Å². The van der Waals surface area contributed by atoms with E-state index in [-0.39, 0.29) is 12.4 Å². The van der Waals surface area contributed by atoms with Gasteiger partial charge in [0.15, 0.2) is 0 Å². The van der Waals surface area contributed by atoms with E-state index in [0.717, 1.165) is 28.3 Å². The molecule has 2 N–H and O–H groups in total. The first-order chi connectivity index (χ1) is 10.3. The Bertz CT molecular complexity index is 723. The highest BCUT2D eigenvalue weighted by molar-refractivity contribution is 5.85. The first kappa shape index (κ1) is 16.1. The lowest BCUT2D eigenvalue weighted by Crippen LogP contribution is -1.96. The molecule has 0 aliphatic heterocycles. The smallest absolute Gasteiger partial charge is 0.118 e. The fourth-order valence-corrected chi connectivity index (χ4v) is 2.26. The molecule has 0 unspecified atom stereocenters. The Balaban J connectivity index is 0.00000176. The fraction of sp³-hybridized carbons (Fsp3) is 0.118. The standard InChI is InChI=1S/C17H17N3O.ClH/c1-21-16-9-7-13(8-10-16)17-14(11-18)12-20(19-17)15-5-3-2-4-6-15;/h2-10,12H,11,18H2,1H3;1H. The maximum Gasteiger partial charge on any atom is 0.118 e. The Hall–Kier alpha value is -2.30. The van der Waals surface area contributed by atoms with Crippen molar-refractivity contribution in [3.05, 3.63) is 66.4 Å². The Morgan fingerprint density at radius 3 is 2.32 bits per heavy atom. The van der Waals surface area contributed by atoms with Crippen molar-refractivity contribution >= 4 is 12.4 Å². The molecule has 1 heterocycles. The lowest BCUT2D eigenvalue weighted by Gasteiger charge is -2.03. The van der Waals surface area contributed by atoms with Crippen molar-refractivity contribution in [3.63, 3.8) is 0 Å². The molecular formula is C17H18ClN3O. The molecule has 5 heteroatoms. The van der Waals surface area contributed by atoms with Crippen molar-refractivity contribution in [2.24, 2.45) is 5.73 Å². The number of benzene rings is 2. The van der Waals surface area contributed by atoms with Crippen molar-refractivity contribution in [1.29, 1.82) is 0 Å². The van der Waals surface area contributed by atoms with E-state index in [1.165, 1.54) is 0 Å². The van der Waals surface area contributed by atoms with Crippen LogP contribution in [-0.4, -0.2) is 16.9 Å². The second-order valence-electron chi connectivity index (χ2n) is 4.72. The van der Waals surface area contributed by atoms with Crippen molar-refractivity contribution < 1.29 is 4.74 Å². The highest BCUT2D eigenvalue weighted by Gasteiger charge is 2.11. The van der Waals surface area contributed by atoms with E-state index in [4.69, 9.17) is 10.5 Å². The molecule has 4 nitrogen and oxygen atoms in total. The van der Waals surface area contributed by atoms with Crippen LogP contribution in [0.1, 0.15) is 5.56 Å². The molecule has 0 aliphatic rings. The van der Waals surface area contributed by atoms with Crippen LogP contribution in [0.25, 0.3) is 16.9 Å². The Labute approximate surface area is 135 Å². The third kappa shape index (κ3) is 3.13. The molecule has 1 aromatic heterocycles. The summed E-state index contributed by atoms with van der Waals surface area (Å²) >= 11 is 0. The summed E-state index contributed by atoms with van der Waals surface area (Å²) in [6, 6.07) is 17.9. The summed E-state index contributed by atoms with van der Waals surface area (Å²) < 4.78 is 7.05. The van der Waals surface area contributed by atoms with Crippen LogP contribution in [0.2, 0.25) is 0 Å². The van der Waals surface area contributed by atoms with Gasteiger partial charge in [0.05, 0.1) is 18.5 Å². The molecule has 0 aliphatic carbocycles. The van der Waals surface area contributed by atoms with Crippen molar-refractivity contribution in [3.8, 4) is 22.7 Å². The second-order valence-corrected chi connectivity index (χ2v) is 4.72. The minimum absolute atomic E-state index is 0. The summed E-state index contributed by atoms with van der Waals surface area (Å²) in [5.74, 6) is 0.829. The summed E-state index contributed by atoms with van der Waals surface area (Å²) in [6.07, 6.45) is 1.98. The van der Waals surface area contributed by atoms with Gasteiger partial charge in [0.25, 0.3) is 0 Å². The van der Waals surface area contributed by atoms with E-state index in [2.05, 4.69) is 5.10 Å². The number of aromatic nitrogens is 2. The van der Waals surface area contributed by atoms with Crippen LogP contribution >= 0.6 is 12.4 Å². The van der Waals surface area contributed by atoms with Crippen LogP contribution in [0.4, 0.5) is 0 Å². The molecule has 0 bridgehead atoms. The normalized spacial score (nSPS) is 10.1. The fourth-order valence-electron chi connectivity index (χ4n) is 2.26. The number of halogens is 1. The summed E-state index contributed by atoms with van der Waals surface area (Å²) in [4.78, 5) is 0. The van der Waals surface area contributed by atoms with Crippen LogP contribution in [0.5, 0.6) is 5.75 Å². The third-order valence-corrected chi connectivity index (χ3v) is 3.39. The number of hydrogen-bond donors (Lipinski definition) is 1. The minimum Gasteiger partial charge on any atom is -0.497 e. The van der Waals surface area contributed by atoms with E-state index in [0.29, 0.717) is 6.54 Å². The first-order valence-corrected chi connectivity index (χ1v) is 6.80. The van der Waals surface area contributed by atoms with E-state index < -0.39 is 0 Å². The highest BCUT2D eigenvalue weighted by Crippen LogP contribution is 2.25. The molecule has 0 atom stereocenters. The van der Waals surface area contributed by atoms with Crippen molar-refractivity contribution in [2.75, 3.05) is 7.11 Å². The van der Waals surface area contributed by atoms with Gasteiger partial charge < -0.3 is 10.5 Å². The van der Waals surface area contributed by atoms with Gasteiger partial charge in [0.2, 0.25) is 0 Å². The van der Waals surface area contributed by atoms with Gasteiger partial charge in [0, 0.05) is 23.9 Å². The minimum atomic E-state index is 0. The van der Waals surface area contributed by atoms with Crippen molar-refractivity contribution in [2.45, 2.75) is 6.54 Å². The molecule has 0 saturated carbocycles. The van der Waals surface area contributed by atoms with Crippen molar-refractivity contribution in [1.82, 2.24) is 9.78 Å². The van der Waals surface area contributed by atoms with Gasteiger partial charge >= 0.3 is 0 Å². The molecule has 2 aromatic carbocycles. The van der Waals surface area contributed by atoms with E-state index in [1.807, 2.05) is 65.5 Å². The molecule has 0 saturated heterocycles. The molecule has 0 spiro atoms. The predicted molar refractivity (Wildman–Crippen MR) is 90.7 cm³/mol. The van der Waals surface area contributed by atoms with Crippen LogP contribution in [0.15, 0.2) is 60.8 Å². The second kappa shape index (κ2) is 7.11. The molecule has 0 fully saturated rings. The van der Waals surface area contributed by atoms with Gasteiger partial charge in [0.1, 0.15) is 5.75 Å². The number of nitrogens with zero attached hydrogens (tertiary/aromatic N) is 2. The number of hydrogen-bond acceptors (Lipinski definition) is 3.